The number of carbonyl (C=O) groups is 1. The van der Waals surface area contributed by atoms with Crippen LogP contribution in [0.1, 0.15) is 41.7 Å². The molecule has 1 fully saturated rings. The van der Waals surface area contributed by atoms with E-state index in [1.807, 2.05) is 44.3 Å². The highest BCUT2D eigenvalue weighted by Crippen LogP contribution is 2.30. The monoisotopic (exact) mass is 415 g/mol. The third kappa shape index (κ3) is 5.50. The zero-order chi connectivity index (χ0) is 20.8. The quantitative estimate of drug-likeness (QED) is 0.689. The third-order valence-electron chi connectivity index (χ3n) is 5.47. The molecule has 1 aliphatic rings. The van der Waals surface area contributed by atoms with Crippen molar-refractivity contribution < 1.29 is 9.90 Å². The fourth-order valence-corrected chi connectivity index (χ4v) is 4.03. The van der Waals surface area contributed by atoms with Gasteiger partial charge in [0.1, 0.15) is 0 Å². The Hall–Kier alpha value is -2.08. The number of anilines is 1. The molecule has 0 aliphatic carbocycles. The first-order valence-corrected chi connectivity index (χ1v) is 10.6. The van der Waals surface area contributed by atoms with Gasteiger partial charge in [0.2, 0.25) is 0 Å². The summed E-state index contributed by atoms with van der Waals surface area (Å²) in [5, 5.41) is 13.2. The molecule has 156 valence electrons. The van der Waals surface area contributed by atoms with Crippen LogP contribution in [-0.2, 0) is 0 Å². The van der Waals surface area contributed by atoms with Gasteiger partial charge in [0, 0.05) is 38.9 Å². The van der Waals surface area contributed by atoms with Crippen molar-refractivity contribution in [1.82, 2.24) is 10.2 Å². The predicted molar refractivity (Wildman–Crippen MR) is 119 cm³/mol. The number of benzene rings is 2. The molecule has 1 heterocycles. The number of nitrogens with zero attached hydrogens (tertiary/aromatic N) is 2. The Bertz CT molecular complexity index is 815. The number of nitrogens with one attached hydrogen (secondary N) is 1. The number of halogens is 1. The summed E-state index contributed by atoms with van der Waals surface area (Å²) in [6.07, 6.45) is 1.46. The van der Waals surface area contributed by atoms with Crippen LogP contribution >= 0.6 is 11.6 Å². The molecule has 0 saturated carbocycles. The number of rotatable bonds is 8. The average molecular weight is 416 g/mol. The molecule has 29 heavy (non-hydrogen) atoms. The Morgan fingerprint density at radius 1 is 1.31 bits per heavy atom. The molecular formula is C23H30ClN3O2. The van der Waals surface area contributed by atoms with E-state index in [0.29, 0.717) is 23.7 Å². The number of aliphatic hydroxyl groups is 1. The van der Waals surface area contributed by atoms with Gasteiger partial charge < -0.3 is 15.3 Å². The molecule has 2 aromatic rings. The second kappa shape index (κ2) is 10.1. The first-order valence-electron chi connectivity index (χ1n) is 10.3. The number of hydrogen-bond donors (Lipinski definition) is 2. The van der Waals surface area contributed by atoms with Crippen molar-refractivity contribution in [3.8, 4) is 0 Å². The van der Waals surface area contributed by atoms with Crippen LogP contribution in [0, 0.1) is 0 Å². The molecule has 0 bridgehead atoms. The zero-order valence-corrected chi connectivity index (χ0v) is 17.9. The third-order valence-corrected chi connectivity index (χ3v) is 5.78. The summed E-state index contributed by atoms with van der Waals surface area (Å²) in [5.41, 5.74) is 2.66. The van der Waals surface area contributed by atoms with Crippen LogP contribution < -0.4 is 10.2 Å². The smallest absolute Gasteiger partial charge is 0.252 e. The number of hydrogen-bond acceptors (Lipinski definition) is 4. The second-order valence-corrected chi connectivity index (χ2v) is 8.07. The molecule has 0 aromatic heterocycles. The summed E-state index contributed by atoms with van der Waals surface area (Å²) < 4.78 is 0. The zero-order valence-electron chi connectivity index (χ0n) is 17.1. The largest absolute Gasteiger partial charge is 0.392 e. The highest BCUT2D eigenvalue weighted by Gasteiger charge is 2.26. The molecule has 2 aromatic carbocycles. The fourth-order valence-electron chi connectivity index (χ4n) is 3.77. The molecular weight excluding hydrogens is 386 g/mol. The van der Waals surface area contributed by atoms with Gasteiger partial charge in [-0.1, -0.05) is 48.9 Å². The van der Waals surface area contributed by atoms with Crippen molar-refractivity contribution in [2.24, 2.45) is 0 Å². The highest BCUT2D eigenvalue weighted by atomic mass is 35.5. The van der Waals surface area contributed by atoms with Gasteiger partial charge in [0.15, 0.2) is 0 Å². The Kier molecular flexibility index (Phi) is 7.53. The van der Waals surface area contributed by atoms with Crippen LogP contribution in [-0.4, -0.2) is 55.2 Å². The van der Waals surface area contributed by atoms with Gasteiger partial charge in [-0.2, -0.15) is 0 Å². The normalized spacial score (nSPS) is 17.9. The molecule has 1 saturated heterocycles. The molecule has 3 rings (SSSR count). The fraction of sp³-hybridized carbons (Fsp3) is 0.435. The van der Waals surface area contributed by atoms with E-state index in [2.05, 4.69) is 27.2 Å². The minimum absolute atomic E-state index is 0.109. The molecule has 2 unspecified atom stereocenters. The lowest BCUT2D eigenvalue weighted by Crippen LogP contribution is -2.36. The number of amides is 1. The number of carbonyl (C=O) groups excluding carboxylic acids is 1. The summed E-state index contributed by atoms with van der Waals surface area (Å²) in [6, 6.07) is 16.1. The van der Waals surface area contributed by atoms with Gasteiger partial charge in [0.05, 0.1) is 22.7 Å². The molecule has 5 nitrogen and oxygen atoms in total. The molecule has 0 spiro atoms. The lowest BCUT2D eigenvalue weighted by Gasteiger charge is -2.34. The molecule has 2 atom stereocenters. The molecule has 0 radical (unpaired) electrons. The standard InChI is InChI=1S/C23H30ClN3O2/c1-3-12-25-23(29)20-10-9-18(14-21(20)24)26(2)22(17-7-5-4-6-8-17)16-27-13-11-19(28)15-27/h4-10,14,19,22,28H,3,11-13,15-16H2,1-2H3,(H,25,29). The van der Waals surface area contributed by atoms with Crippen molar-refractivity contribution in [2.45, 2.75) is 31.9 Å². The van der Waals surface area contributed by atoms with Crippen LogP contribution in [0.3, 0.4) is 0 Å². The molecule has 1 aliphatic heterocycles. The van der Waals surface area contributed by atoms with Crippen molar-refractivity contribution in [1.29, 1.82) is 0 Å². The number of β-amino-alcohol motifs (C(OH)–C–C–N with tert-alkyl or cyclic N) is 1. The summed E-state index contributed by atoms with van der Waals surface area (Å²) in [6.45, 7) is 5.07. The second-order valence-electron chi connectivity index (χ2n) is 7.66. The maximum Gasteiger partial charge on any atom is 0.252 e. The van der Waals surface area contributed by atoms with Gasteiger partial charge in [-0.05, 0) is 36.6 Å². The van der Waals surface area contributed by atoms with Crippen molar-refractivity contribution >= 4 is 23.2 Å². The molecule has 1 amide bonds. The van der Waals surface area contributed by atoms with E-state index in [9.17, 15) is 9.90 Å². The summed E-state index contributed by atoms with van der Waals surface area (Å²) in [7, 11) is 2.05. The number of likely N-dealkylation sites (N-methyl/N-ethyl adjacent to an activating group) is 1. The SMILES string of the molecule is CCCNC(=O)c1ccc(N(C)C(CN2CCC(O)C2)c2ccccc2)cc1Cl. The van der Waals surface area contributed by atoms with Crippen LogP contribution in [0.15, 0.2) is 48.5 Å². The Balaban J connectivity index is 1.82. The maximum absolute atomic E-state index is 12.3. The van der Waals surface area contributed by atoms with E-state index in [1.54, 1.807) is 6.07 Å². The van der Waals surface area contributed by atoms with Crippen molar-refractivity contribution in [3.05, 3.63) is 64.7 Å². The van der Waals surface area contributed by atoms with Crippen molar-refractivity contribution in [2.75, 3.05) is 38.1 Å². The minimum atomic E-state index is -0.243. The first kappa shape index (κ1) is 21.6. The Morgan fingerprint density at radius 3 is 2.69 bits per heavy atom. The Labute approximate surface area is 178 Å². The molecule has 2 N–H and O–H groups in total. The van der Waals surface area contributed by atoms with Gasteiger partial charge >= 0.3 is 0 Å². The summed E-state index contributed by atoms with van der Waals surface area (Å²) in [4.78, 5) is 16.8. The summed E-state index contributed by atoms with van der Waals surface area (Å²) >= 11 is 6.46. The van der Waals surface area contributed by atoms with E-state index in [-0.39, 0.29) is 18.1 Å². The number of aliphatic hydroxyl groups excluding tert-OH is 1. The highest BCUT2D eigenvalue weighted by molar-refractivity contribution is 6.34. The van der Waals surface area contributed by atoms with Crippen LogP contribution in [0.4, 0.5) is 5.69 Å². The minimum Gasteiger partial charge on any atom is -0.392 e. The van der Waals surface area contributed by atoms with Crippen LogP contribution in [0.2, 0.25) is 5.02 Å². The van der Waals surface area contributed by atoms with Gasteiger partial charge in [-0.15, -0.1) is 0 Å². The lowest BCUT2D eigenvalue weighted by molar-refractivity contribution is 0.0954. The summed E-state index contributed by atoms with van der Waals surface area (Å²) in [5.74, 6) is -0.142. The van der Waals surface area contributed by atoms with Gasteiger partial charge in [0.25, 0.3) is 5.91 Å². The topological polar surface area (TPSA) is 55.8 Å². The van der Waals surface area contributed by atoms with Crippen LogP contribution in [0.25, 0.3) is 0 Å². The van der Waals surface area contributed by atoms with E-state index < -0.39 is 0 Å². The van der Waals surface area contributed by atoms with E-state index in [0.717, 1.165) is 31.6 Å². The predicted octanol–water partition coefficient (Wildman–Crippen LogP) is 3.72. The molecule has 6 heteroatoms. The van der Waals surface area contributed by atoms with E-state index >= 15 is 0 Å². The van der Waals surface area contributed by atoms with E-state index in [4.69, 9.17) is 11.6 Å². The lowest BCUT2D eigenvalue weighted by atomic mass is 10.0. The van der Waals surface area contributed by atoms with Crippen LogP contribution in [0.5, 0.6) is 0 Å². The van der Waals surface area contributed by atoms with E-state index in [1.165, 1.54) is 5.56 Å². The number of likely N-dealkylation sites (tertiary alicyclic amines) is 1. The van der Waals surface area contributed by atoms with Gasteiger partial charge in [-0.3, -0.25) is 9.69 Å². The Morgan fingerprint density at radius 2 is 2.07 bits per heavy atom. The maximum atomic E-state index is 12.3. The average Bonchev–Trinajstić information content (AvgIpc) is 3.15. The van der Waals surface area contributed by atoms with Crippen molar-refractivity contribution in [3.63, 3.8) is 0 Å². The van der Waals surface area contributed by atoms with Gasteiger partial charge in [-0.25, -0.2) is 0 Å². The first-order chi connectivity index (χ1) is 14.0.